The van der Waals surface area contributed by atoms with Crippen LogP contribution in [-0.4, -0.2) is 47.6 Å². The van der Waals surface area contributed by atoms with E-state index in [1.807, 2.05) is 6.92 Å². The predicted octanol–water partition coefficient (Wildman–Crippen LogP) is 0.903. The first-order valence-electron chi connectivity index (χ1n) is 6.58. The van der Waals surface area contributed by atoms with Gasteiger partial charge in [0.1, 0.15) is 5.82 Å². The normalized spacial score (nSPS) is 19.4. The van der Waals surface area contributed by atoms with E-state index in [4.69, 9.17) is 4.74 Å². The topological polar surface area (TPSA) is 67.4 Å². The molecule has 2 rings (SSSR count). The van der Waals surface area contributed by atoms with Crippen molar-refractivity contribution in [3.63, 3.8) is 0 Å². The Kier molecular flexibility index (Phi) is 4.68. The third-order valence-corrected chi connectivity index (χ3v) is 3.26. The van der Waals surface area contributed by atoms with Crippen LogP contribution in [0.25, 0.3) is 0 Å². The van der Waals surface area contributed by atoms with E-state index in [2.05, 4.69) is 20.2 Å². The Labute approximate surface area is 113 Å². The summed E-state index contributed by atoms with van der Waals surface area (Å²) in [5.41, 5.74) is 0.923. The maximum absolute atomic E-state index is 11.4. The standard InChI is InChI=1S/C13H20N4O2/c1-3-14-12-7-15-11(6-16-12)9-17-5-4-10(8-17)13(18)19-2/h6-7,10H,3-5,8-9H2,1-2H3,(H,14,16). The zero-order valence-corrected chi connectivity index (χ0v) is 11.4. The molecule has 1 fully saturated rings. The molecule has 1 aliphatic heterocycles. The minimum Gasteiger partial charge on any atom is -0.469 e. The average molecular weight is 264 g/mol. The number of methoxy groups -OCH3 is 1. The minimum atomic E-state index is -0.115. The molecule has 0 saturated carbocycles. The molecule has 1 saturated heterocycles. The second-order valence-corrected chi connectivity index (χ2v) is 4.67. The van der Waals surface area contributed by atoms with Crippen LogP contribution < -0.4 is 5.32 Å². The van der Waals surface area contributed by atoms with Crippen LogP contribution in [0.3, 0.4) is 0 Å². The fraction of sp³-hybridized carbons (Fsp3) is 0.615. The van der Waals surface area contributed by atoms with Gasteiger partial charge in [0.2, 0.25) is 0 Å². The van der Waals surface area contributed by atoms with Gasteiger partial charge >= 0.3 is 5.97 Å². The van der Waals surface area contributed by atoms with Gasteiger partial charge in [-0.3, -0.25) is 14.7 Å². The van der Waals surface area contributed by atoms with E-state index in [9.17, 15) is 4.79 Å². The van der Waals surface area contributed by atoms with Crippen molar-refractivity contribution in [3.05, 3.63) is 18.1 Å². The van der Waals surface area contributed by atoms with Crippen molar-refractivity contribution >= 4 is 11.8 Å². The summed E-state index contributed by atoms with van der Waals surface area (Å²) in [5.74, 6) is 0.676. The van der Waals surface area contributed by atoms with E-state index >= 15 is 0 Å². The Balaban J connectivity index is 1.86. The summed E-state index contributed by atoms with van der Waals surface area (Å²) in [6.45, 7) is 5.22. The first kappa shape index (κ1) is 13.7. The molecule has 0 spiro atoms. The van der Waals surface area contributed by atoms with Gasteiger partial charge in [0.25, 0.3) is 0 Å². The number of hydrogen-bond donors (Lipinski definition) is 1. The summed E-state index contributed by atoms with van der Waals surface area (Å²) in [5, 5.41) is 3.11. The monoisotopic (exact) mass is 264 g/mol. The van der Waals surface area contributed by atoms with Crippen molar-refractivity contribution in [3.8, 4) is 0 Å². The van der Waals surface area contributed by atoms with Crippen molar-refractivity contribution in [2.24, 2.45) is 5.92 Å². The number of ether oxygens (including phenoxy) is 1. The number of esters is 1. The van der Waals surface area contributed by atoms with E-state index in [0.717, 1.165) is 44.1 Å². The Hall–Kier alpha value is -1.69. The van der Waals surface area contributed by atoms with Crippen molar-refractivity contribution < 1.29 is 9.53 Å². The lowest BCUT2D eigenvalue weighted by Gasteiger charge is -2.14. The Morgan fingerprint density at radius 3 is 3.00 bits per heavy atom. The molecule has 0 amide bonds. The van der Waals surface area contributed by atoms with Crippen LogP contribution >= 0.6 is 0 Å². The number of nitrogens with zero attached hydrogens (tertiary/aromatic N) is 3. The Morgan fingerprint density at radius 2 is 2.37 bits per heavy atom. The van der Waals surface area contributed by atoms with Gasteiger partial charge in [-0.2, -0.15) is 0 Å². The predicted molar refractivity (Wildman–Crippen MR) is 71.6 cm³/mol. The second-order valence-electron chi connectivity index (χ2n) is 4.67. The van der Waals surface area contributed by atoms with Crippen molar-refractivity contribution in [2.45, 2.75) is 19.9 Å². The molecule has 2 heterocycles. The molecule has 0 aromatic carbocycles. The van der Waals surface area contributed by atoms with Crippen LogP contribution in [0.4, 0.5) is 5.82 Å². The molecule has 0 aliphatic carbocycles. The Bertz CT molecular complexity index is 421. The lowest BCUT2D eigenvalue weighted by molar-refractivity contribution is -0.144. The first-order chi connectivity index (χ1) is 9.22. The van der Waals surface area contributed by atoms with E-state index < -0.39 is 0 Å². The largest absolute Gasteiger partial charge is 0.469 e. The summed E-state index contributed by atoms with van der Waals surface area (Å²) in [6, 6.07) is 0. The summed E-state index contributed by atoms with van der Waals surface area (Å²) >= 11 is 0. The van der Waals surface area contributed by atoms with Gasteiger partial charge in [0.05, 0.1) is 31.1 Å². The number of anilines is 1. The van der Waals surface area contributed by atoms with Crippen molar-refractivity contribution in [1.29, 1.82) is 0 Å². The van der Waals surface area contributed by atoms with Crippen LogP contribution in [0, 0.1) is 5.92 Å². The fourth-order valence-electron chi connectivity index (χ4n) is 2.27. The Morgan fingerprint density at radius 1 is 1.53 bits per heavy atom. The third kappa shape index (κ3) is 3.64. The highest BCUT2D eigenvalue weighted by atomic mass is 16.5. The molecule has 1 N–H and O–H groups in total. The molecule has 0 bridgehead atoms. The first-order valence-corrected chi connectivity index (χ1v) is 6.58. The van der Waals surface area contributed by atoms with Crippen LogP contribution in [-0.2, 0) is 16.1 Å². The number of nitrogens with one attached hydrogen (secondary N) is 1. The number of carbonyl (C=O) groups is 1. The van der Waals surface area contributed by atoms with E-state index in [0.29, 0.717) is 0 Å². The van der Waals surface area contributed by atoms with E-state index in [1.54, 1.807) is 12.4 Å². The molecule has 6 nitrogen and oxygen atoms in total. The van der Waals surface area contributed by atoms with Gasteiger partial charge in [0.15, 0.2) is 0 Å². The van der Waals surface area contributed by atoms with Gasteiger partial charge in [-0.05, 0) is 19.9 Å². The third-order valence-electron chi connectivity index (χ3n) is 3.26. The molecular formula is C13H20N4O2. The van der Waals surface area contributed by atoms with Gasteiger partial charge < -0.3 is 10.1 Å². The second kappa shape index (κ2) is 6.47. The van der Waals surface area contributed by atoms with Crippen LogP contribution in [0.5, 0.6) is 0 Å². The van der Waals surface area contributed by atoms with Gasteiger partial charge in [-0.25, -0.2) is 4.98 Å². The summed E-state index contributed by atoms with van der Waals surface area (Å²) in [4.78, 5) is 22.3. The molecule has 1 aromatic heterocycles. The van der Waals surface area contributed by atoms with Gasteiger partial charge in [0, 0.05) is 19.6 Å². The molecule has 19 heavy (non-hydrogen) atoms. The number of rotatable bonds is 5. The van der Waals surface area contributed by atoms with Crippen LogP contribution in [0.1, 0.15) is 19.0 Å². The van der Waals surface area contributed by atoms with E-state index in [1.165, 1.54) is 7.11 Å². The van der Waals surface area contributed by atoms with Crippen LogP contribution in [0.15, 0.2) is 12.4 Å². The SMILES string of the molecule is CCNc1cnc(CN2CCC(C(=O)OC)C2)cn1. The summed E-state index contributed by atoms with van der Waals surface area (Å²) in [6.07, 6.45) is 4.38. The number of aromatic nitrogens is 2. The molecule has 1 aliphatic rings. The van der Waals surface area contributed by atoms with Gasteiger partial charge in [-0.1, -0.05) is 0 Å². The van der Waals surface area contributed by atoms with Crippen molar-refractivity contribution in [2.75, 3.05) is 32.1 Å². The molecule has 104 valence electrons. The van der Waals surface area contributed by atoms with Crippen molar-refractivity contribution in [1.82, 2.24) is 14.9 Å². The van der Waals surface area contributed by atoms with Crippen LogP contribution in [0.2, 0.25) is 0 Å². The number of likely N-dealkylation sites (tertiary alicyclic amines) is 1. The number of carbonyl (C=O) groups excluding carboxylic acids is 1. The highest BCUT2D eigenvalue weighted by Gasteiger charge is 2.28. The fourth-order valence-corrected chi connectivity index (χ4v) is 2.27. The lowest BCUT2D eigenvalue weighted by atomic mass is 10.1. The molecule has 1 unspecified atom stereocenters. The molecule has 1 aromatic rings. The minimum absolute atomic E-state index is 0.000935. The molecule has 1 atom stereocenters. The summed E-state index contributed by atoms with van der Waals surface area (Å²) in [7, 11) is 1.44. The smallest absolute Gasteiger partial charge is 0.310 e. The quantitative estimate of drug-likeness (QED) is 0.797. The maximum Gasteiger partial charge on any atom is 0.310 e. The molecule has 6 heteroatoms. The average Bonchev–Trinajstić information content (AvgIpc) is 2.89. The molecular weight excluding hydrogens is 244 g/mol. The zero-order chi connectivity index (χ0) is 13.7. The zero-order valence-electron chi connectivity index (χ0n) is 11.4. The lowest BCUT2D eigenvalue weighted by Crippen LogP contribution is -2.24. The highest BCUT2D eigenvalue weighted by Crippen LogP contribution is 2.19. The summed E-state index contributed by atoms with van der Waals surface area (Å²) < 4.78 is 4.77. The maximum atomic E-state index is 11.4. The number of hydrogen-bond acceptors (Lipinski definition) is 6. The van der Waals surface area contributed by atoms with E-state index in [-0.39, 0.29) is 11.9 Å². The van der Waals surface area contributed by atoms with Gasteiger partial charge in [-0.15, -0.1) is 0 Å². The highest BCUT2D eigenvalue weighted by molar-refractivity contribution is 5.72. The molecule has 0 radical (unpaired) electrons.